The monoisotopic (exact) mass is 488 g/mol. The van der Waals surface area contributed by atoms with Gasteiger partial charge in [-0.3, -0.25) is 19.3 Å². The van der Waals surface area contributed by atoms with E-state index in [1.807, 2.05) is 62.4 Å². The van der Waals surface area contributed by atoms with Crippen molar-refractivity contribution in [1.29, 1.82) is 0 Å². The fourth-order valence-corrected chi connectivity index (χ4v) is 3.77. The Morgan fingerprint density at radius 3 is 2.33 bits per heavy atom. The molecule has 0 aliphatic heterocycles. The molecule has 0 bridgehead atoms. The minimum absolute atomic E-state index is 0.0519. The molecule has 1 heterocycles. The van der Waals surface area contributed by atoms with E-state index in [1.165, 1.54) is 4.90 Å². The highest BCUT2D eigenvalue weighted by Crippen LogP contribution is 2.31. The van der Waals surface area contributed by atoms with Crippen LogP contribution in [-0.2, 0) is 19.1 Å². The lowest BCUT2D eigenvalue weighted by Gasteiger charge is -2.32. The van der Waals surface area contributed by atoms with Crippen LogP contribution in [0, 0.1) is 13.8 Å². The molecule has 8 nitrogen and oxygen atoms in total. The number of hydrogen-bond acceptors (Lipinski definition) is 5. The van der Waals surface area contributed by atoms with Crippen molar-refractivity contribution in [2.75, 3.05) is 30.5 Å². The molecule has 0 aliphatic carbocycles. The Labute approximate surface area is 211 Å². The largest absolute Gasteiger partial charge is 0.383 e. The number of carbonyl (C=O) groups excluding carboxylic acids is 3. The number of benzene rings is 2. The molecular weight excluding hydrogens is 456 g/mol. The van der Waals surface area contributed by atoms with Crippen LogP contribution in [0.3, 0.4) is 0 Å². The van der Waals surface area contributed by atoms with E-state index in [4.69, 9.17) is 4.74 Å². The summed E-state index contributed by atoms with van der Waals surface area (Å²) in [5, 5.41) is 5.57. The van der Waals surface area contributed by atoms with Crippen molar-refractivity contribution >= 4 is 29.2 Å². The molecule has 0 unspecified atom stereocenters. The molecule has 3 rings (SSSR count). The summed E-state index contributed by atoms with van der Waals surface area (Å²) in [5.74, 6) is -0.581. The number of nitrogens with one attached hydrogen (secondary N) is 2. The zero-order chi connectivity index (χ0) is 25.9. The van der Waals surface area contributed by atoms with Gasteiger partial charge in [-0.2, -0.15) is 0 Å². The standard InChI is InChI=1S/C28H32N4O4/c1-20-11-13-22(14-12-20)27(28(35)30-18-19-36-3)32(23-9-5-4-8-21(23)2)26(34)16-15-25(33)31-24-10-6-7-17-29-24/h4-14,17,27H,15-16,18-19H2,1-3H3,(H,30,35)(H,29,31,33)/t27-/m0/s1. The Morgan fingerprint density at radius 2 is 1.67 bits per heavy atom. The summed E-state index contributed by atoms with van der Waals surface area (Å²) in [4.78, 5) is 45.3. The van der Waals surface area contributed by atoms with E-state index in [-0.39, 0.29) is 30.6 Å². The number of methoxy groups -OCH3 is 1. The van der Waals surface area contributed by atoms with Crippen LogP contribution in [0.25, 0.3) is 0 Å². The van der Waals surface area contributed by atoms with E-state index in [1.54, 1.807) is 31.5 Å². The van der Waals surface area contributed by atoms with Gasteiger partial charge in [-0.1, -0.05) is 54.1 Å². The molecular formula is C28H32N4O4. The van der Waals surface area contributed by atoms with Gasteiger partial charge in [0.2, 0.25) is 17.7 Å². The number of anilines is 2. The van der Waals surface area contributed by atoms with Crippen LogP contribution in [0.1, 0.15) is 35.6 Å². The molecule has 188 valence electrons. The number of para-hydroxylation sites is 1. The summed E-state index contributed by atoms with van der Waals surface area (Å²) in [6.07, 6.45) is 1.44. The van der Waals surface area contributed by atoms with Crippen molar-refractivity contribution in [2.24, 2.45) is 0 Å². The summed E-state index contributed by atoms with van der Waals surface area (Å²) in [5.41, 5.74) is 3.16. The highest BCUT2D eigenvalue weighted by Gasteiger charge is 2.33. The molecule has 8 heteroatoms. The van der Waals surface area contributed by atoms with E-state index in [0.717, 1.165) is 11.1 Å². The normalized spacial score (nSPS) is 11.4. The fourth-order valence-electron chi connectivity index (χ4n) is 3.77. The summed E-state index contributed by atoms with van der Waals surface area (Å²) in [7, 11) is 1.56. The Bertz CT molecular complexity index is 1170. The molecule has 3 amide bonds. The Kier molecular flexibility index (Phi) is 9.71. The molecule has 2 N–H and O–H groups in total. The van der Waals surface area contributed by atoms with Crippen LogP contribution in [0.15, 0.2) is 72.9 Å². The molecule has 0 saturated carbocycles. The third kappa shape index (κ3) is 7.23. The zero-order valence-electron chi connectivity index (χ0n) is 20.9. The maximum atomic E-state index is 13.7. The average molecular weight is 489 g/mol. The van der Waals surface area contributed by atoms with Crippen molar-refractivity contribution < 1.29 is 19.1 Å². The predicted octanol–water partition coefficient (Wildman–Crippen LogP) is 3.95. The van der Waals surface area contributed by atoms with Gasteiger partial charge < -0.3 is 15.4 Å². The maximum Gasteiger partial charge on any atom is 0.247 e. The molecule has 0 saturated heterocycles. The average Bonchev–Trinajstić information content (AvgIpc) is 2.88. The van der Waals surface area contributed by atoms with Crippen LogP contribution in [0.5, 0.6) is 0 Å². The fraction of sp³-hybridized carbons (Fsp3) is 0.286. The number of aromatic nitrogens is 1. The van der Waals surface area contributed by atoms with Crippen molar-refractivity contribution in [3.05, 3.63) is 89.6 Å². The molecule has 36 heavy (non-hydrogen) atoms. The van der Waals surface area contributed by atoms with E-state index in [0.29, 0.717) is 30.2 Å². The lowest BCUT2D eigenvalue weighted by Crippen LogP contribution is -2.45. The van der Waals surface area contributed by atoms with Crippen molar-refractivity contribution in [3.8, 4) is 0 Å². The first kappa shape index (κ1) is 26.6. The topological polar surface area (TPSA) is 101 Å². The maximum absolute atomic E-state index is 13.7. The zero-order valence-corrected chi connectivity index (χ0v) is 20.9. The second-order valence-corrected chi connectivity index (χ2v) is 8.41. The minimum atomic E-state index is -0.921. The Morgan fingerprint density at radius 1 is 0.944 bits per heavy atom. The predicted molar refractivity (Wildman–Crippen MR) is 140 cm³/mol. The van der Waals surface area contributed by atoms with Gasteiger partial charge in [0.15, 0.2) is 0 Å². The highest BCUT2D eigenvalue weighted by atomic mass is 16.5. The highest BCUT2D eigenvalue weighted by molar-refractivity contribution is 6.03. The molecule has 0 spiro atoms. The SMILES string of the molecule is COCCNC(=O)[C@H](c1ccc(C)cc1)N(C(=O)CCC(=O)Nc1ccccn1)c1ccccc1C. The molecule has 0 fully saturated rings. The third-order valence-corrected chi connectivity index (χ3v) is 5.65. The quantitative estimate of drug-likeness (QED) is 0.398. The Hall–Kier alpha value is -4.04. The third-order valence-electron chi connectivity index (χ3n) is 5.65. The van der Waals surface area contributed by atoms with Crippen LogP contribution in [0.4, 0.5) is 11.5 Å². The number of carbonyl (C=O) groups is 3. The number of hydrogen-bond donors (Lipinski definition) is 2. The minimum Gasteiger partial charge on any atom is -0.383 e. The number of pyridine rings is 1. The van der Waals surface area contributed by atoms with Gasteiger partial charge in [0.05, 0.1) is 6.61 Å². The van der Waals surface area contributed by atoms with Gasteiger partial charge in [-0.05, 0) is 43.2 Å². The number of amides is 3. The van der Waals surface area contributed by atoms with Crippen LogP contribution in [-0.4, -0.2) is 43.0 Å². The van der Waals surface area contributed by atoms with E-state index >= 15 is 0 Å². The molecule has 3 aromatic rings. The van der Waals surface area contributed by atoms with Gasteiger partial charge in [0.25, 0.3) is 0 Å². The lowest BCUT2D eigenvalue weighted by atomic mass is 10.00. The Balaban J connectivity index is 1.91. The first-order valence-corrected chi connectivity index (χ1v) is 11.8. The number of aryl methyl sites for hydroxylation is 2. The smallest absolute Gasteiger partial charge is 0.247 e. The van der Waals surface area contributed by atoms with E-state index in [2.05, 4.69) is 15.6 Å². The molecule has 2 aromatic carbocycles. The van der Waals surface area contributed by atoms with Crippen molar-refractivity contribution in [1.82, 2.24) is 10.3 Å². The van der Waals surface area contributed by atoms with Crippen LogP contribution in [0.2, 0.25) is 0 Å². The summed E-state index contributed by atoms with van der Waals surface area (Å²) >= 11 is 0. The summed E-state index contributed by atoms with van der Waals surface area (Å²) < 4.78 is 5.07. The number of nitrogens with zero attached hydrogens (tertiary/aromatic N) is 2. The van der Waals surface area contributed by atoms with Gasteiger partial charge in [-0.15, -0.1) is 0 Å². The molecule has 0 aliphatic rings. The molecule has 0 radical (unpaired) electrons. The van der Waals surface area contributed by atoms with E-state index in [9.17, 15) is 14.4 Å². The van der Waals surface area contributed by atoms with Gasteiger partial charge in [0, 0.05) is 38.4 Å². The second kappa shape index (κ2) is 13.2. The van der Waals surface area contributed by atoms with Crippen molar-refractivity contribution in [2.45, 2.75) is 32.7 Å². The first-order chi connectivity index (χ1) is 17.4. The van der Waals surface area contributed by atoms with Gasteiger partial charge in [-0.25, -0.2) is 4.98 Å². The second-order valence-electron chi connectivity index (χ2n) is 8.41. The van der Waals surface area contributed by atoms with Gasteiger partial charge in [0.1, 0.15) is 11.9 Å². The molecule has 1 aromatic heterocycles. The lowest BCUT2D eigenvalue weighted by molar-refractivity contribution is -0.127. The summed E-state index contributed by atoms with van der Waals surface area (Å²) in [6, 6.07) is 19.2. The molecule has 1 atom stereocenters. The van der Waals surface area contributed by atoms with Crippen molar-refractivity contribution in [3.63, 3.8) is 0 Å². The first-order valence-electron chi connectivity index (χ1n) is 11.8. The summed E-state index contributed by atoms with van der Waals surface area (Å²) in [6.45, 7) is 4.50. The van der Waals surface area contributed by atoms with E-state index < -0.39 is 6.04 Å². The van der Waals surface area contributed by atoms with Crippen LogP contribution >= 0.6 is 0 Å². The number of rotatable bonds is 11. The van der Waals surface area contributed by atoms with Crippen LogP contribution < -0.4 is 15.5 Å². The number of ether oxygens (including phenoxy) is 1. The van der Waals surface area contributed by atoms with Gasteiger partial charge >= 0.3 is 0 Å².